The average molecular weight is 1090 g/mol. The second kappa shape index (κ2) is 54.2. The molecular formula is C66H121NO10. The number of carbonyl (C=O) groups is 2. The van der Waals surface area contributed by atoms with Gasteiger partial charge in [0.05, 0.1) is 25.4 Å². The number of hydrogen-bond donors (Lipinski definition) is 6. The Balaban J connectivity index is 2.62. The first-order valence-corrected chi connectivity index (χ1v) is 32.4. The number of unbranched alkanes of at least 4 members (excludes halogenated alkanes) is 35. The second-order valence-corrected chi connectivity index (χ2v) is 22.5. The molecule has 450 valence electrons. The van der Waals surface area contributed by atoms with E-state index in [1.165, 1.54) is 167 Å². The van der Waals surface area contributed by atoms with Crippen molar-refractivity contribution in [2.45, 2.75) is 346 Å². The van der Waals surface area contributed by atoms with E-state index in [4.69, 9.17) is 14.2 Å². The summed E-state index contributed by atoms with van der Waals surface area (Å²) in [7, 11) is 0. The van der Waals surface area contributed by atoms with Gasteiger partial charge in [-0.25, -0.2) is 0 Å². The van der Waals surface area contributed by atoms with E-state index < -0.39 is 67.4 Å². The van der Waals surface area contributed by atoms with Crippen molar-refractivity contribution in [2.75, 3.05) is 13.2 Å². The molecule has 1 rings (SSSR count). The number of rotatable bonds is 55. The van der Waals surface area contributed by atoms with Crippen LogP contribution in [0.15, 0.2) is 48.6 Å². The normalized spacial score (nSPS) is 19.3. The van der Waals surface area contributed by atoms with E-state index in [1.807, 2.05) is 6.08 Å². The van der Waals surface area contributed by atoms with Crippen LogP contribution < -0.4 is 5.32 Å². The summed E-state index contributed by atoms with van der Waals surface area (Å²) in [6, 6.07) is -1.03. The molecule has 0 aromatic heterocycles. The zero-order valence-electron chi connectivity index (χ0n) is 49.8. The monoisotopic (exact) mass is 1090 g/mol. The van der Waals surface area contributed by atoms with Crippen LogP contribution in [0.5, 0.6) is 0 Å². The summed E-state index contributed by atoms with van der Waals surface area (Å²) in [4.78, 5) is 26.6. The standard InChI is InChI=1S/C66H121NO10/c1-4-7-10-13-16-19-22-24-26-28-29-30-31-32-34-36-39-42-45-48-51-54-61(71)77-64-63(73)62(72)60(55-68)76-66(64)75-56-57(58(69)52-49-46-43-40-37-21-18-15-12-9-6-3)67-65(74)59(70)53-50-47-44-41-38-35-33-27-25-23-20-17-14-11-8-5-2/h17,20,24-27,49,52,57-60,62-64,66,68-70,72-73H,4-16,18-19,21-23,28-48,50-51,53-56H2,1-3H3,(H,67,74)/b20-17-,26-24+,27-25-,52-49+. The van der Waals surface area contributed by atoms with Crippen LogP contribution in [-0.4, -0.2) is 99.6 Å². The van der Waals surface area contributed by atoms with Gasteiger partial charge in [-0.15, -0.1) is 0 Å². The Bertz CT molecular complexity index is 1440. The third-order valence-electron chi connectivity index (χ3n) is 15.2. The quantitative estimate of drug-likeness (QED) is 0.0195. The van der Waals surface area contributed by atoms with Crippen LogP contribution >= 0.6 is 0 Å². The van der Waals surface area contributed by atoms with E-state index in [0.717, 1.165) is 83.5 Å². The summed E-state index contributed by atoms with van der Waals surface area (Å²) in [6.45, 7) is 5.77. The van der Waals surface area contributed by atoms with Gasteiger partial charge in [0.25, 0.3) is 0 Å². The Morgan fingerprint density at radius 3 is 1.36 bits per heavy atom. The van der Waals surface area contributed by atoms with Gasteiger partial charge in [-0.2, -0.15) is 0 Å². The van der Waals surface area contributed by atoms with Crippen molar-refractivity contribution in [3.05, 3.63) is 48.6 Å². The first kappa shape index (κ1) is 72.6. The summed E-state index contributed by atoms with van der Waals surface area (Å²) in [6.07, 6.45) is 55.8. The minimum atomic E-state index is -1.61. The first-order valence-electron chi connectivity index (χ1n) is 32.4. The first-order chi connectivity index (χ1) is 37.7. The number of nitrogens with one attached hydrogen (secondary N) is 1. The Hall–Kier alpha value is -2.38. The Morgan fingerprint density at radius 1 is 0.506 bits per heavy atom. The summed E-state index contributed by atoms with van der Waals surface area (Å²) in [5.74, 6) is -1.20. The number of aliphatic hydroxyl groups excluding tert-OH is 5. The van der Waals surface area contributed by atoms with Crippen molar-refractivity contribution in [3.63, 3.8) is 0 Å². The largest absolute Gasteiger partial charge is 0.454 e. The molecule has 1 aliphatic rings. The highest BCUT2D eigenvalue weighted by molar-refractivity contribution is 5.80. The number of aliphatic hydroxyl groups is 5. The number of amides is 1. The molecule has 6 N–H and O–H groups in total. The van der Waals surface area contributed by atoms with Crippen molar-refractivity contribution in [1.82, 2.24) is 5.32 Å². The summed E-state index contributed by atoms with van der Waals surface area (Å²) < 4.78 is 17.6. The van der Waals surface area contributed by atoms with Crippen LogP contribution in [0, 0.1) is 0 Å². The molecule has 0 aromatic rings. The lowest BCUT2D eigenvalue weighted by Crippen LogP contribution is -2.61. The molecule has 0 saturated carbocycles. The van der Waals surface area contributed by atoms with E-state index in [2.05, 4.69) is 62.5 Å². The molecule has 8 unspecified atom stereocenters. The fourth-order valence-corrected chi connectivity index (χ4v) is 10.0. The van der Waals surface area contributed by atoms with Crippen molar-refractivity contribution < 1.29 is 49.3 Å². The highest BCUT2D eigenvalue weighted by atomic mass is 16.7. The molecule has 0 aliphatic carbocycles. The molecule has 1 aliphatic heterocycles. The van der Waals surface area contributed by atoms with Crippen molar-refractivity contribution in [1.29, 1.82) is 0 Å². The Morgan fingerprint density at radius 2 is 0.896 bits per heavy atom. The van der Waals surface area contributed by atoms with Gasteiger partial charge in [-0.05, 0) is 83.5 Å². The van der Waals surface area contributed by atoms with Crippen molar-refractivity contribution in [3.8, 4) is 0 Å². The topological polar surface area (TPSA) is 175 Å². The van der Waals surface area contributed by atoms with Crippen molar-refractivity contribution in [2.24, 2.45) is 0 Å². The maximum Gasteiger partial charge on any atom is 0.306 e. The van der Waals surface area contributed by atoms with Gasteiger partial charge < -0.3 is 45.1 Å². The zero-order valence-corrected chi connectivity index (χ0v) is 49.8. The van der Waals surface area contributed by atoms with Gasteiger partial charge in [0, 0.05) is 6.42 Å². The lowest BCUT2D eigenvalue weighted by Gasteiger charge is -2.41. The summed E-state index contributed by atoms with van der Waals surface area (Å²) in [5.41, 5.74) is 0. The van der Waals surface area contributed by atoms with Crippen LogP contribution in [0.2, 0.25) is 0 Å². The van der Waals surface area contributed by atoms with Gasteiger partial charge in [-0.1, -0.05) is 256 Å². The molecular weight excluding hydrogens is 967 g/mol. The molecule has 11 heteroatoms. The SMILES string of the molecule is CCCCC/C=C\C/C=C\CCCCCCCCC(O)C(=O)NC(COC1OC(CO)C(O)C(O)C1OC(=O)CCCCCCCCCCCCC/C=C/CCCCCCCC)C(O)/C=C/CCCCCCCCCCC. The minimum Gasteiger partial charge on any atom is -0.454 e. The van der Waals surface area contributed by atoms with Crippen LogP contribution in [0.3, 0.4) is 0 Å². The Labute approximate surface area is 472 Å². The molecule has 8 atom stereocenters. The van der Waals surface area contributed by atoms with E-state index in [-0.39, 0.29) is 19.4 Å². The van der Waals surface area contributed by atoms with E-state index in [1.54, 1.807) is 6.08 Å². The maximum atomic E-state index is 13.4. The molecule has 77 heavy (non-hydrogen) atoms. The molecule has 1 amide bonds. The maximum absolute atomic E-state index is 13.4. The fraction of sp³-hybridized carbons (Fsp3) is 0.848. The fourth-order valence-electron chi connectivity index (χ4n) is 10.0. The number of ether oxygens (including phenoxy) is 3. The van der Waals surface area contributed by atoms with E-state index in [9.17, 15) is 35.1 Å². The van der Waals surface area contributed by atoms with Gasteiger partial charge in [0.15, 0.2) is 12.4 Å². The van der Waals surface area contributed by atoms with Gasteiger partial charge >= 0.3 is 5.97 Å². The Kier molecular flexibility index (Phi) is 51.1. The number of esters is 1. The lowest BCUT2D eigenvalue weighted by molar-refractivity contribution is -0.305. The predicted octanol–water partition coefficient (Wildman–Crippen LogP) is 15.6. The molecule has 1 heterocycles. The molecule has 0 bridgehead atoms. The number of allylic oxidation sites excluding steroid dienone is 7. The second-order valence-electron chi connectivity index (χ2n) is 22.5. The van der Waals surface area contributed by atoms with Gasteiger partial charge in [-0.3, -0.25) is 9.59 Å². The average Bonchev–Trinajstić information content (AvgIpc) is 3.43. The predicted molar refractivity (Wildman–Crippen MR) is 320 cm³/mol. The number of hydrogen-bond acceptors (Lipinski definition) is 10. The van der Waals surface area contributed by atoms with E-state index >= 15 is 0 Å². The molecule has 1 saturated heterocycles. The molecule has 0 spiro atoms. The van der Waals surface area contributed by atoms with Crippen LogP contribution in [-0.2, 0) is 23.8 Å². The van der Waals surface area contributed by atoms with E-state index in [0.29, 0.717) is 12.8 Å². The molecule has 11 nitrogen and oxygen atoms in total. The summed E-state index contributed by atoms with van der Waals surface area (Å²) in [5, 5.41) is 57.0. The summed E-state index contributed by atoms with van der Waals surface area (Å²) >= 11 is 0. The van der Waals surface area contributed by atoms with Crippen LogP contribution in [0.25, 0.3) is 0 Å². The zero-order chi connectivity index (χ0) is 56.1. The lowest BCUT2D eigenvalue weighted by atomic mass is 9.99. The number of carbonyl (C=O) groups excluding carboxylic acids is 2. The molecule has 1 fully saturated rings. The third-order valence-corrected chi connectivity index (χ3v) is 15.2. The third kappa shape index (κ3) is 42.2. The molecule has 0 radical (unpaired) electrons. The minimum absolute atomic E-state index is 0.123. The van der Waals surface area contributed by atoms with Crippen molar-refractivity contribution >= 4 is 11.9 Å². The van der Waals surface area contributed by atoms with Crippen LogP contribution in [0.1, 0.15) is 297 Å². The van der Waals surface area contributed by atoms with Gasteiger partial charge in [0.1, 0.15) is 24.4 Å². The van der Waals surface area contributed by atoms with Gasteiger partial charge in [0.2, 0.25) is 5.91 Å². The molecule has 0 aromatic carbocycles. The smallest absolute Gasteiger partial charge is 0.306 e. The van der Waals surface area contributed by atoms with Crippen LogP contribution in [0.4, 0.5) is 0 Å². The highest BCUT2D eigenvalue weighted by Crippen LogP contribution is 2.26. The highest BCUT2D eigenvalue weighted by Gasteiger charge is 2.47.